The Hall–Kier alpha value is 0.1000. The lowest BCUT2D eigenvalue weighted by atomic mass is 10.1. The summed E-state index contributed by atoms with van der Waals surface area (Å²) in [7, 11) is 0. The summed E-state index contributed by atoms with van der Waals surface area (Å²) < 4.78 is 15.5. The largest absolute Gasteiger partial charge is 0.207 e. The van der Waals surface area contributed by atoms with E-state index in [9.17, 15) is 4.39 Å². The van der Waals surface area contributed by atoms with Crippen LogP contribution in [0, 0.1) is 12.7 Å². The molecule has 2 rings (SSSR count). The molecule has 0 radical (unpaired) electrons. The van der Waals surface area contributed by atoms with Crippen LogP contribution in [0.5, 0.6) is 0 Å². The van der Waals surface area contributed by atoms with Gasteiger partial charge in [-0.05, 0) is 47.1 Å². The van der Waals surface area contributed by atoms with Gasteiger partial charge in [-0.3, -0.25) is 0 Å². The minimum Gasteiger partial charge on any atom is -0.207 e. The van der Waals surface area contributed by atoms with Gasteiger partial charge in [0.15, 0.2) is 0 Å². The first-order chi connectivity index (χ1) is 7.99. The highest BCUT2D eigenvalue weighted by atomic mass is 79.9. The Kier molecular flexibility index (Phi) is 4.29. The Morgan fingerprint density at radius 2 is 2.00 bits per heavy atom. The molecule has 90 valence electrons. The van der Waals surface area contributed by atoms with Gasteiger partial charge in [-0.15, -0.1) is 22.9 Å². The predicted octanol–water partition coefficient (Wildman–Crippen LogP) is 6.05. The fourth-order valence-electron chi connectivity index (χ4n) is 1.47. The third-order valence-corrected chi connectivity index (χ3v) is 5.65. The van der Waals surface area contributed by atoms with E-state index in [0.717, 1.165) is 18.7 Å². The van der Waals surface area contributed by atoms with Crippen molar-refractivity contribution in [2.45, 2.75) is 12.3 Å². The minimum absolute atomic E-state index is 0.282. The normalized spacial score (nSPS) is 12.8. The number of alkyl halides is 1. The van der Waals surface area contributed by atoms with E-state index in [4.69, 9.17) is 11.6 Å². The van der Waals surface area contributed by atoms with Crippen molar-refractivity contribution in [2.24, 2.45) is 0 Å². The summed E-state index contributed by atoms with van der Waals surface area (Å²) in [6, 6.07) is 6.75. The number of rotatable bonds is 2. The highest BCUT2D eigenvalue weighted by molar-refractivity contribution is 9.10. The van der Waals surface area contributed by atoms with Crippen molar-refractivity contribution in [1.82, 2.24) is 0 Å². The average Bonchev–Trinajstić information content (AvgIpc) is 2.62. The second-order valence-corrected chi connectivity index (χ2v) is 7.08. The van der Waals surface area contributed by atoms with Gasteiger partial charge in [0.1, 0.15) is 5.82 Å². The van der Waals surface area contributed by atoms with Gasteiger partial charge in [-0.2, -0.15) is 0 Å². The first-order valence-corrected chi connectivity index (χ1v) is 7.68. The maximum Gasteiger partial charge on any atom is 0.128 e. The number of thiophene rings is 1. The van der Waals surface area contributed by atoms with E-state index in [0.29, 0.717) is 5.56 Å². The van der Waals surface area contributed by atoms with E-state index in [1.54, 1.807) is 23.5 Å². The Morgan fingerprint density at radius 1 is 1.29 bits per heavy atom. The van der Waals surface area contributed by atoms with E-state index in [1.807, 2.05) is 13.0 Å². The summed E-state index contributed by atoms with van der Waals surface area (Å²) in [6.45, 7) is 2.00. The van der Waals surface area contributed by atoms with Gasteiger partial charge in [0.2, 0.25) is 0 Å². The zero-order chi connectivity index (χ0) is 12.6. The minimum atomic E-state index is -0.456. The molecule has 1 heterocycles. The molecule has 0 nitrogen and oxygen atoms in total. The third kappa shape index (κ3) is 2.92. The molecule has 1 aromatic heterocycles. The van der Waals surface area contributed by atoms with Crippen molar-refractivity contribution < 1.29 is 4.39 Å². The highest BCUT2D eigenvalue weighted by Crippen LogP contribution is 2.38. The monoisotopic (exact) mass is 396 g/mol. The number of halogens is 4. The van der Waals surface area contributed by atoms with E-state index in [1.165, 1.54) is 6.07 Å². The molecule has 2 aromatic rings. The van der Waals surface area contributed by atoms with Gasteiger partial charge in [-0.25, -0.2) is 4.39 Å². The summed E-state index contributed by atoms with van der Waals surface area (Å²) in [5, 5.41) is -0.456. The molecule has 0 saturated carbocycles. The fraction of sp³-hybridized carbons (Fsp3) is 0.167. The van der Waals surface area contributed by atoms with E-state index < -0.39 is 5.38 Å². The van der Waals surface area contributed by atoms with Crippen molar-refractivity contribution in [3.8, 4) is 0 Å². The quantitative estimate of drug-likeness (QED) is 0.540. The average molecular weight is 399 g/mol. The van der Waals surface area contributed by atoms with Gasteiger partial charge in [0.05, 0.1) is 5.38 Å². The van der Waals surface area contributed by atoms with Gasteiger partial charge in [-0.1, -0.05) is 15.9 Å². The Morgan fingerprint density at radius 3 is 2.59 bits per heavy atom. The van der Waals surface area contributed by atoms with Crippen LogP contribution >= 0.6 is 54.8 Å². The summed E-state index contributed by atoms with van der Waals surface area (Å²) in [6.07, 6.45) is 0. The molecule has 0 amide bonds. The van der Waals surface area contributed by atoms with E-state index in [-0.39, 0.29) is 5.82 Å². The van der Waals surface area contributed by atoms with Crippen LogP contribution in [0.2, 0.25) is 0 Å². The maximum atomic E-state index is 13.7. The molecule has 0 aliphatic heterocycles. The molecule has 0 aliphatic carbocycles. The van der Waals surface area contributed by atoms with Crippen LogP contribution in [0.1, 0.15) is 20.7 Å². The van der Waals surface area contributed by atoms with Crippen LogP contribution in [-0.4, -0.2) is 0 Å². The van der Waals surface area contributed by atoms with Crippen LogP contribution in [0.3, 0.4) is 0 Å². The van der Waals surface area contributed by atoms with Crippen molar-refractivity contribution in [3.05, 3.63) is 54.3 Å². The number of hydrogen-bond donors (Lipinski definition) is 0. The van der Waals surface area contributed by atoms with E-state index in [2.05, 4.69) is 31.9 Å². The molecule has 0 saturated heterocycles. The van der Waals surface area contributed by atoms with Crippen molar-refractivity contribution in [3.63, 3.8) is 0 Å². The number of aryl methyl sites for hydroxylation is 1. The molecule has 0 fully saturated rings. The summed E-state index contributed by atoms with van der Waals surface area (Å²) in [5.41, 5.74) is 0.495. The van der Waals surface area contributed by atoms with Crippen molar-refractivity contribution in [1.29, 1.82) is 0 Å². The van der Waals surface area contributed by atoms with Crippen LogP contribution in [0.25, 0.3) is 0 Å². The summed E-state index contributed by atoms with van der Waals surface area (Å²) in [4.78, 5) is 2.08. The lowest BCUT2D eigenvalue weighted by molar-refractivity contribution is 0.612. The first kappa shape index (κ1) is 13.5. The lowest BCUT2D eigenvalue weighted by Crippen LogP contribution is -1.94. The molecule has 1 atom stereocenters. The molecule has 1 aromatic carbocycles. The fourth-order valence-corrected chi connectivity index (χ4v) is 3.77. The van der Waals surface area contributed by atoms with E-state index >= 15 is 0 Å². The Balaban J connectivity index is 2.42. The molecule has 5 heteroatoms. The second kappa shape index (κ2) is 5.39. The van der Waals surface area contributed by atoms with Crippen LogP contribution < -0.4 is 0 Å². The SMILES string of the molecule is Cc1sc(C(Cl)c2cc(Br)ccc2F)cc1Br. The molecule has 0 spiro atoms. The number of hydrogen-bond acceptors (Lipinski definition) is 1. The summed E-state index contributed by atoms with van der Waals surface area (Å²) in [5.74, 6) is -0.282. The third-order valence-electron chi connectivity index (χ3n) is 2.36. The van der Waals surface area contributed by atoms with Crippen molar-refractivity contribution in [2.75, 3.05) is 0 Å². The van der Waals surface area contributed by atoms with Gasteiger partial charge >= 0.3 is 0 Å². The molecule has 0 bridgehead atoms. The Bertz CT molecular complexity index is 534. The molecule has 0 N–H and O–H groups in total. The zero-order valence-electron chi connectivity index (χ0n) is 8.81. The topological polar surface area (TPSA) is 0 Å². The zero-order valence-corrected chi connectivity index (χ0v) is 13.6. The smallest absolute Gasteiger partial charge is 0.128 e. The maximum absolute atomic E-state index is 13.7. The van der Waals surface area contributed by atoms with Gasteiger partial charge in [0, 0.05) is 24.3 Å². The standard InChI is InChI=1S/C12H8Br2ClFS/c1-6-9(14)5-11(17-6)12(15)8-4-7(13)2-3-10(8)16/h2-5,12H,1H3. The molecule has 1 unspecified atom stereocenters. The van der Waals surface area contributed by atoms with Gasteiger partial charge < -0.3 is 0 Å². The predicted molar refractivity (Wildman–Crippen MR) is 78.6 cm³/mol. The van der Waals surface area contributed by atoms with Gasteiger partial charge in [0.25, 0.3) is 0 Å². The van der Waals surface area contributed by atoms with Crippen LogP contribution in [0.4, 0.5) is 4.39 Å². The lowest BCUT2D eigenvalue weighted by Gasteiger charge is -2.09. The molecular weight excluding hydrogens is 390 g/mol. The molecular formula is C12H8Br2ClFS. The number of benzene rings is 1. The van der Waals surface area contributed by atoms with Crippen LogP contribution in [-0.2, 0) is 0 Å². The highest BCUT2D eigenvalue weighted by Gasteiger charge is 2.18. The van der Waals surface area contributed by atoms with Crippen molar-refractivity contribution >= 4 is 54.8 Å². The second-order valence-electron chi connectivity index (χ2n) is 3.58. The first-order valence-electron chi connectivity index (χ1n) is 4.84. The van der Waals surface area contributed by atoms with Crippen LogP contribution in [0.15, 0.2) is 33.2 Å². The molecule has 0 aliphatic rings. The summed E-state index contributed by atoms with van der Waals surface area (Å²) >= 11 is 14.7. The molecule has 17 heavy (non-hydrogen) atoms. The Labute approximate surface area is 125 Å².